The number of nitrogens with zero attached hydrogens (tertiary/aromatic N) is 2. The van der Waals surface area contributed by atoms with E-state index in [4.69, 9.17) is 4.74 Å². The van der Waals surface area contributed by atoms with Gasteiger partial charge < -0.3 is 15.0 Å². The number of likely N-dealkylation sites (tertiary alicyclic amines) is 1. The molecule has 0 saturated carbocycles. The van der Waals surface area contributed by atoms with Gasteiger partial charge in [-0.1, -0.05) is 6.92 Å². The van der Waals surface area contributed by atoms with E-state index in [0.29, 0.717) is 18.8 Å². The molecule has 1 aromatic rings. The van der Waals surface area contributed by atoms with Crippen LogP contribution in [-0.4, -0.2) is 67.4 Å². The molecule has 1 aromatic heterocycles. The molecule has 0 aromatic carbocycles. The first kappa shape index (κ1) is 18.6. The van der Waals surface area contributed by atoms with E-state index < -0.39 is 20.5 Å². The highest BCUT2D eigenvalue weighted by Gasteiger charge is 2.64. The number of carbonyl (C=O) groups excluding carboxylic acids is 2. The van der Waals surface area contributed by atoms with Crippen LogP contribution in [0.1, 0.15) is 30.3 Å². The van der Waals surface area contributed by atoms with Gasteiger partial charge in [0.25, 0.3) is 5.91 Å². The summed E-state index contributed by atoms with van der Waals surface area (Å²) in [6.07, 6.45) is 2.58. The van der Waals surface area contributed by atoms with Crippen LogP contribution in [0.3, 0.4) is 0 Å². The molecule has 2 saturated heterocycles. The summed E-state index contributed by atoms with van der Waals surface area (Å²) in [6, 6.07) is 3.35. The number of hydrogen-bond donors (Lipinski definition) is 1. The van der Waals surface area contributed by atoms with Gasteiger partial charge in [-0.15, -0.1) is 0 Å². The van der Waals surface area contributed by atoms with Crippen LogP contribution < -0.4 is 10.1 Å². The van der Waals surface area contributed by atoms with Crippen molar-refractivity contribution >= 4 is 21.7 Å². The molecule has 2 aliphatic heterocycles. The molecule has 1 atom stereocenters. The quantitative estimate of drug-likeness (QED) is 0.784. The van der Waals surface area contributed by atoms with Gasteiger partial charge in [-0.05, 0) is 25.0 Å². The maximum atomic E-state index is 12.8. The second-order valence-corrected chi connectivity index (χ2v) is 9.15. The van der Waals surface area contributed by atoms with Crippen molar-refractivity contribution in [1.29, 1.82) is 0 Å². The Kier molecular flexibility index (Phi) is 4.92. The van der Waals surface area contributed by atoms with Crippen LogP contribution in [0.2, 0.25) is 0 Å². The Morgan fingerprint density at radius 3 is 2.81 bits per heavy atom. The topological polar surface area (TPSA) is 106 Å². The third-order valence-electron chi connectivity index (χ3n) is 5.13. The maximum Gasteiger partial charge on any atom is 0.276 e. The van der Waals surface area contributed by atoms with Gasteiger partial charge in [0.1, 0.15) is 4.75 Å². The molecule has 0 bridgehead atoms. The van der Waals surface area contributed by atoms with Crippen molar-refractivity contribution < 1.29 is 22.7 Å². The Balaban J connectivity index is 1.81. The highest BCUT2D eigenvalue weighted by Crippen LogP contribution is 2.45. The summed E-state index contributed by atoms with van der Waals surface area (Å²) in [5.74, 6) is -0.928. The number of hydrogen-bond acceptors (Lipinski definition) is 6. The molecule has 9 heteroatoms. The fourth-order valence-corrected chi connectivity index (χ4v) is 6.01. The van der Waals surface area contributed by atoms with Crippen LogP contribution in [0.5, 0.6) is 5.75 Å². The number of sulfone groups is 1. The monoisotopic (exact) mass is 381 g/mol. The number of amides is 2. The van der Waals surface area contributed by atoms with E-state index in [0.717, 1.165) is 6.42 Å². The molecule has 2 fully saturated rings. The lowest BCUT2D eigenvalue weighted by atomic mass is 9.82. The first-order chi connectivity index (χ1) is 12.4. The Hall–Kier alpha value is -2.16. The number of carbonyl (C=O) groups is 2. The third kappa shape index (κ3) is 2.84. The highest BCUT2D eigenvalue weighted by molar-refractivity contribution is 7.93. The predicted molar refractivity (Wildman–Crippen MR) is 94.6 cm³/mol. The molecule has 142 valence electrons. The minimum atomic E-state index is -3.43. The third-order valence-corrected chi connectivity index (χ3v) is 7.69. The van der Waals surface area contributed by atoms with Crippen molar-refractivity contribution in [3.8, 4) is 5.75 Å². The lowest BCUT2D eigenvalue weighted by Crippen LogP contribution is -2.70. The van der Waals surface area contributed by atoms with Crippen LogP contribution in [0.25, 0.3) is 0 Å². The van der Waals surface area contributed by atoms with Crippen molar-refractivity contribution in [3.63, 3.8) is 0 Å². The van der Waals surface area contributed by atoms with Gasteiger partial charge in [-0.2, -0.15) is 0 Å². The zero-order chi connectivity index (χ0) is 18.9. The summed E-state index contributed by atoms with van der Waals surface area (Å²) < 4.78 is 29.5. The number of aromatic nitrogens is 1. The van der Waals surface area contributed by atoms with E-state index in [9.17, 15) is 18.0 Å². The van der Waals surface area contributed by atoms with Crippen molar-refractivity contribution in [2.45, 2.75) is 24.5 Å². The lowest BCUT2D eigenvalue weighted by Gasteiger charge is -2.49. The Labute approximate surface area is 152 Å². The van der Waals surface area contributed by atoms with E-state index in [2.05, 4.69) is 10.3 Å². The van der Waals surface area contributed by atoms with Crippen molar-refractivity contribution in [3.05, 3.63) is 24.0 Å². The second kappa shape index (κ2) is 6.86. The largest absolute Gasteiger partial charge is 0.491 e. The van der Waals surface area contributed by atoms with Crippen molar-refractivity contribution in [1.82, 2.24) is 15.2 Å². The Bertz CT molecular complexity index is 817. The van der Waals surface area contributed by atoms with Gasteiger partial charge in [-0.25, -0.2) is 13.4 Å². The first-order valence-electron chi connectivity index (χ1n) is 8.67. The van der Waals surface area contributed by atoms with Gasteiger partial charge in [0.05, 0.1) is 18.3 Å². The molecule has 3 rings (SSSR count). The predicted octanol–water partition coefficient (Wildman–Crippen LogP) is 0.246. The maximum absolute atomic E-state index is 12.8. The number of nitrogens with one attached hydrogen (secondary N) is 1. The van der Waals surface area contributed by atoms with Gasteiger partial charge in [0, 0.05) is 26.3 Å². The zero-order valence-corrected chi connectivity index (χ0v) is 15.7. The highest BCUT2D eigenvalue weighted by atomic mass is 32.2. The summed E-state index contributed by atoms with van der Waals surface area (Å²) in [4.78, 5) is 30.5. The first-order valence-corrected chi connectivity index (χ1v) is 10.3. The molecule has 3 heterocycles. The molecule has 2 aliphatic rings. The van der Waals surface area contributed by atoms with E-state index in [1.807, 2.05) is 6.92 Å². The standard InChI is InChI=1S/C17H23N3O5S/c1-3-8-25-13-5-4-7-19-14(13)16(22)20-10-17(11-20)12(15(21)18-2)6-9-26(17,23)24/h4-5,7,12H,3,6,8-11H2,1-2H3,(H,18,21). The van der Waals surface area contributed by atoms with Gasteiger partial charge in [0.2, 0.25) is 5.91 Å². The van der Waals surface area contributed by atoms with Gasteiger partial charge in [0.15, 0.2) is 21.3 Å². The van der Waals surface area contributed by atoms with Crippen molar-refractivity contribution in [2.75, 3.05) is 32.5 Å². The minimum absolute atomic E-state index is 0.00997. The van der Waals surface area contributed by atoms with Crippen LogP contribution in [-0.2, 0) is 14.6 Å². The average Bonchev–Trinajstić information content (AvgIpc) is 2.88. The van der Waals surface area contributed by atoms with E-state index in [1.54, 1.807) is 12.1 Å². The minimum Gasteiger partial charge on any atom is -0.491 e. The van der Waals surface area contributed by atoms with Crippen LogP contribution in [0.4, 0.5) is 0 Å². The summed E-state index contributed by atoms with van der Waals surface area (Å²) in [5, 5.41) is 2.54. The van der Waals surface area contributed by atoms with E-state index in [-0.39, 0.29) is 36.4 Å². The molecule has 1 spiro atoms. The summed E-state index contributed by atoms with van der Waals surface area (Å²) in [7, 11) is -1.94. The molecular formula is C17H23N3O5S. The van der Waals surface area contributed by atoms with Gasteiger partial charge >= 0.3 is 0 Å². The molecule has 1 unspecified atom stereocenters. The molecule has 8 nitrogen and oxygen atoms in total. The summed E-state index contributed by atoms with van der Waals surface area (Å²) >= 11 is 0. The lowest BCUT2D eigenvalue weighted by molar-refractivity contribution is -0.126. The number of rotatable bonds is 5. The fraction of sp³-hybridized carbons (Fsp3) is 0.588. The Morgan fingerprint density at radius 1 is 1.42 bits per heavy atom. The zero-order valence-electron chi connectivity index (χ0n) is 14.9. The average molecular weight is 381 g/mol. The Morgan fingerprint density at radius 2 is 2.15 bits per heavy atom. The fourth-order valence-electron chi connectivity index (χ4n) is 3.69. The molecular weight excluding hydrogens is 358 g/mol. The summed E-state index contributed by atoms with van der Waals surface area (Å²) in [6.45, 7) is 2.44. The van der Waals surface area contributed by atoms with E-state index in [1.165, 1.54) is 18.1 Å². The van der Waals surface area contributed by atoms with Gasteiger partial charge in [-0.3, -0.25) is 9.59 Å². The molecule has 2 amide bonds. The van der Waals surface area contributed by atoms with Crippen LogP contribution in [0, 0.1) is 5.92 Å². The second-order valence-electron chi connectivity index (χ2n) is 6.70. The smallest absolute Gasteiger partial charge is 0.276 e. The molecule has 1 N–H and O–H groups in total. The van der Waals surface area contributed by atoms with Crippen LogP contribution in [0.15, 0.2) is 18.3 Å². The summed E-state index contributed by atoms with van der Waals surface area (Å²) in [5.41, 5.74) is 0.169. The number of ether oxygens (including phenoxy) is 1. The van der Waals surface area contributed by atoms with Crippen molar-refractivity contribution in [2.24, 2.45) is 5.92 Å². The molecule has 0 aliphatic carbocycles. The van der Waals surface area contributed by atoms with Crippen LogP contribution >= 0.6 is 0 Å². The molecule has 0 radical (unpaired) electrons. The normalized spacial score (nSPS) is 22.7. The molecule has 26 heavy (non-hydrogen) atoms. The SMILES string of the molecule is CCCOc1cccnc1C(=O)N1CC2(C1)C(C(=O)NC)CCS2(=O)=O. The van der Waals surface area contributed by atoms with E-state index >= 15 is 0 Å². The number of pyridine rings is 1.